The van der Waals surface area contributed by atoms with Crippen LogP contribution in [0.15, 0.2) is 17.0 Å². The van der Waals surface area contributed by atoms with Crippen molar-refractivity contribution >= 4 is 11.8 Å². The third kappa shape index (κ3) is 2.55. The Balaban J connectivity index is 2.15. The van der Waals surface area contributed by atoms with Crippen molar-refractivity contribution in [1.29, 1.82) is 0 Å². The van der Waals surface area contributed by atoms with E-state index in [1.165, 1.54) is 12.1 Å². The summed E-state index contributed by atoms with van der Waals surface area (Å²) in [7, 11) is 0. The Hall–Kier alpha value is -0.610. The Kier molecular flexibility index (Phi) is 3.82. The highest BCUT2D eigenvalue weighted by Crippen LogP contribution is 2.25. The maximum absolute atomic E-state index is 13.5. The summed E-state index contributed by atoms with van der Waals surface area (Å²) in [4.78, 5) is 0.114. The molecule has 1 aliphatic heterocycles. The monoisotopic (exact) mass is 243 g/mol. The van der Waals surface area contributed by atoms with Gasteiger partial charge in [-0.2, -0.15) is 0 Å². The summed E-state index contributed by atoms with van der Waals surface area (Å²) in [5, 5.41) is 3.32. The molecular formula is C12H15F2NS. The van der Waals surface area contributed by atoms with Crippen LogP contribution in [-0.2, 0) is 6.42 Å². The van der Waals surface area contributed by atoms with Crippen molar-refractivity contribution < 1.29 is 8.78 Å². The Labute approximate surface area is 98.6 Å². The molecule has 0 saturated carbocycles. The molecule has 1 heterocycles. The molecule has 0 amide bonds. The van der Waals surface area contributed by atoms with Gasteiger partial charge in [0, 0.05) is 6.04 Å². The number of thioether (sulfide) groups is 1. The predicted molar refractivity (Wildman–Crippen MR) is 62.9 cm³/mol. The quantitative estimate of drug-likeness (QED) is 0.819. The van der Waals surface area contributed by atoms with Crippen LogP contribution in [0.25, 0.3) is 0 Å². The van der Waals surface area contributed by atoms with E-state index in [2.05, 4.69) is 5.32 Å². The van der Waals surface area contributed by atoms with Crippen LogP contribution in [0.3, 0.4) is 0 Å². The molecule has 1 aromatic rings. The largest absolute Gasteiger partial charge is 0.314 e. The van der Waals surface area contributed by atoms with E-state index in [0.29, 0.717) is 12.5 Å². The molecule has 1 fully saturated rings. The highest BCUT2D eigenvalue weighted by atomic mass is 32.2. The normalized spacial score (nSPS) is 20.3. The molecule has 0 aromatic heterocycles. The molecule has 0 spiro atoms. The molecule has 1 aliphatic rings. The van der Waals surface area contributed by atoms with E-state index in [-0.39, 0.29) is 4.90 Å². The molecular weight excluding hydrogens is 228 g/mol. The van der Waals surface area contributed by atoms with Crippen LogP contribution in [-0.4, -0.2) is 18.8 Å². The average molecular weight is 243 g/mol. The van der Waals surface area contributed by atoms with Gasteiger partial charge in [-0.3, -0.25) is 0 Å². The van der Waals surface area contributed by atoms with E-state index in [9.17, 15) is 8.78 Å². The molecule has 1 aromatic carbocycles. The third-order valence-electron chi connectivity index (χ3n) is 2.91. The first-order valence-corrected chi connectivity index (χ1v) is 6.68. The Morgan fingerprint density at radius 1 is 1.38 bits per heavy atom. The van der Waals surface area contributed by atoms with E-state index in [1.54, 1.807) is 6.26 Å². The zero-order valence-corrected chi connectivity index (χ0v) is 10.0. The van der Waals surface area contributed by atoms with E-state index in [1.807, 2.05) is 0 Å². The molecule has 1 unspecified atom stereocenters. The molecule has 1 atom stereocenters. The van der Waals surface area contributed by atoms with Crippen LogP contribution in [0.4, 0.5) is 8.78 Å². The smallest absolute Gasteiger partial charge is 0.139 e. The van der Waals surface area contributed by atoms with Gasteiger partial charge < -0.3 is 5.32 Å². The zero-order valence-electron chi connectivity index (χ0n) is 9.22. The first-order chi connectivity index (χ1) is 7.70. The van der Waals surface area contributed by atoms with Crippen LogP contribution >= 0.6 is 11.8 Å². The van der Waals surface area contributed by atoms with Gasteiger partial charge in [0.05, 0.1) is 4.90 Å². The molecule has 2 rings (SSSR count). The number of hydrogen-bond acceptors (Lipinski definition) is 2. The number of halogens is 2. The molecule has 0 radical (unpaired) electrons. The van der Waals surface area contributed by atoms with Crippen molar-refractivity contribution in [2.75, 3.05) is 12.8 Å². The van der Waals surface area contributed by atoms with E-state index in [4.69, 9.17) is 0 Å². The second-order valence-corrected chi connectivity index (χ2v) is 4.91. The fourth-order valence-corrected chi connectivity index (χ4v) is 2.65. The number of hydrogen-bond donors (Lipinski definition) is 1. The average Bonchev–Trinajstić information content (AvgIpc) is 2.70. The van der Waals surface area contributed by atoms with Crippen LogP contribution in [0.5, 0.6) is 0 Å². The number of nitrogens with one attached hydrogen (secondary N) is 1. The molecule has 1 saturated heterocycles. The predicted octanol–water partition coefficient (Wildman–Crippen LogP) is 2.98. The maximum atomic E-state index is 13.5. The summed E-state index contributed by atoms with van der Waals surface area (Å²) in [5.41, 5.74) is 0.743. The van der Waals surface area contributed by atoms with Gasteiger partial charge in [0.25, 0.3) is 0 Å². The van der Waals surface area contributed by atoms with Gasteiger partial charge in [0.15, 0.2) is 0 Å². The lowest BCUT2D eigenvalue weighted by molar-refractivity contribution is 0.531. The van der Waals surface area contributed by atoms with Gasteiger partial charge >= 0.3 is 0 Å². The minimum Gasteiger partial charge on any atom is -0.314 e. The maximum Gasteiger partial charge on any atom is 0.139 e. The van der Waals surface area contributed by atoms with Gasteiger partial charge in [0.1, 0.15) is 11.6 Å². The Morgan fingerprint density at radius 3 is 2.56 bits per heavy atom. The molecule has 1 nitrogen and oxygen atoms in total. The van der Waals surface area contributed by atoms with Gasteiger partial charge in [-0.1, -0.05) is 0 Å². The van der Waals surface area contributed by atoms with Crippen molar-refractivity contribution in [2.45, 2.75) is 30.2 Å². The van der Waals surface area contributed by atoms with Crippen molar-refractivity contribution in [3.63, 3.8) is 0 Å². The van der Waals surface area contributed by atoms with Crippen LogP contribution in [0.2, 0.25) is 0 Å². The van der Waals surface area contributed by atoms with E-state index < -0.39 is 11.6 Å². The summed E-state index contributed by atoms with van der Waals surface area (Å²) < 4.78 is 27.0. The van der Waals surface area contributed by atoms with E-state index in [0.717, 1.165) is 36.7 Å². The highest BCUT2D eigenvalue weighted by Gasteiger charge is 2.16. The van der Waals surface area contributed by atoms with E-state index >= 15 is 0 Å². The minimum absolute atomic E-state index is 0.114. The van der Waals surface area contributed by atoms with Crippen molar-refractivity contribution in [3.8, 4) is 0 Å². The van der Waals surface area contributed by atoms with Crippen LogP contribution < -0.4 is 5.32 Å². The standard InChI is InChI=1S/C12H15F2NS/c1-16-12-10(13)6-8(7-11(12)14)5-9-3-2-4-15-9/h6-7,9,15H,2-5H2,1H3. The Morgan fingerprint density at radius 2 is 2.06 bits per heavy atom. The number of benzene rings is 1. The van der Waals surface area contributed by atoms with Crippen molar-refractivity contribution in [1.82, 2.24) is 5.32 Å². The SMILES string of the molecule is CSc1c(F)cc(CC2CCCN2)cc1F. The lowest BCUT2D eigenvalue weighted by Gasteiger charge is -2.11. The molecule has 0 bridgehead atoms. The first-order valence-electron chi connectivity index (χ1n) is 5.46. The molecule has 16 heavy (non-hydrogen) atoms. The molecule has 1 N–H and O–H groups in total. The molecule has 88 valence electrons. The fraction of sp³-hybridized carbons (Fsp3) is 0.500. The third-order valence-corrected chi connectivity index (χ3v) is 3.70. The summed E-state index contributed by atoms with van der Waals surface area (Å²) in [5.74, 6) is -0.888. The second kappa shape index (κ2) is 5.15. The van der Waals surface area contributed by atoms with Gasteiger partial charge in [-0.05, 0) is 49.8 Å². The van der Waals surface area contributed by atoms with Gasteiger partial charge in [0.2, 0.25) is 0 Å². The highest BCUT2D eigenvalue weighted by molar-refractivity contribution is 7.98. The van der Waals surface area contributed by atoms with Crippen molar-refractivity contribution in [2.24, 2.45) is 0 Å². The van der Waals surface area contributed by atoms with Crippen molar-refractivity contribution in [3.05, 3.63) is 29.3 Å². The topological polar surface area (TPSA) is 12.0 Å². The summed E-state index contributed by atoms with van der Waals surface area (Å²) >= 11 is 1.11. The Bertz CT molecular complexity index is 352. The first kappa shape index (κ1) is 11.9. The van der Waals surface area contributed by atoms with Crippen LogP contribution in [0.1, 0.15) is 18.4 Å². The lowest BCUT2D eigenvalue weighted by atomic mass is 10.0. The second-order valence-electron chi connectivity index (χ2n) is 4.09. The summed E-state index contributed by atoms with van der Waals surface area (Å²) in [6.07, 6.45) is 4.63. The van der Waals surface area contributed by atoms with Crippen LogP contribution in [0, 0.1) is 11.6 Å². The van der Waals surface area contributed by atoms with Gasteiger partial charge in [-0.25, -0.2) is 8.78 Å². The zero-order chi connectivity index (χ0) is 11.5. The molecule has 4 heteroatoms. The summed E-state index contributed by atoms with van der Waals surface area (Å²) in [6.45, 7) is 1.01. The fourth-order valence-electron chi connectivity index (χ4n) is 2.14. The minimum atomic E-state index is -0.444. The molecule has 0 aliphatic carbocycles. The van der Waals surface area contributed by atoms with Gasteiger partial charge in [-0.15, -0.1) is 11.8 Å². The summed E-state index contributed by atoms with van der Waals surface area (Å²) in [6, 6.07) is 3.28. The lowest BCUT2D eigenvalue weighted by Crippen LogP contribution is -2.23. The number of rotatable bonds is 3.